The van der Waals surface area contributed by atoms with Gasteiger partial charge in [0.25, 0.3) is 0 Å². The molecule has 1 aromatic carbocycles. The van der Waals surface area contributed by atoms with Gasteiger partial charge in [-0.2, -0.15) is 0 Å². The quantitative estimate of drug-likeness (QED) is 0.686. The molecule has 2 aromatic rings. The Balaban J connectivity index is 2.80. The van der Waals surface area contributed by atoms with Crippen LogP contribution < -0.4 is 0 Å². The lowest BCUT2D eigenvalue weighted by atomic mass is 10.2. The number of aliphatic hydroxyl groups is 1. The summed E-state index contributed by atoms with van der Waals surface area (Å²) in [5, 5.41) is 8.94. The molecule has 0 fully saturated rings. The number of aliphatic hydroxyl groups excluding tert-OH is 1. The highest BCUT2D eigenvalue weighted by molar-refractivity contribution is 5.78. The Morgan fingerprint density at radius 2 is 2.33 bits per heavy atom. The van der Waals surface area contributed by atoms with Crippen LogP contribution in [0.25, 0.3) is 11.0 Å². The molecule has 0 radical (unpaired) electrons. The van der Waals surface area contributed by atoms with E-state index in [9.17, 15) is 0 Å². The Morgan fingerprint density at radius 3 is 3.08 bits per heavy atom. The lowest BCUT2D eigenvalue weighted by Crippen LogP contribution is -1.93. The van der Waals surface area contributed by atoms with Crippen molar-refractivity contribution in [1.29, 1.82) is 0 Å². The minimum atomic E-state index is -0.0139. The molecule has 0 aliphatic rings. The topological polar surface area (TPSA) is 38.0 Å². The van der Waals surface area contributed by atoms with Gasteiger partial charge in [-0.25, -0.2) is 4.98 Å². The Morgan fingerprint density at radius 1 is 1.50 bits per heavy atom. The number of para-hydroxylation sites is 1. The highest BCUT2D eigenvalue weighted by atomic mass is 16.3. The Kier molecular flexibility index (Phi) is 1.59. The first-order valence-corrected chi connectivity index (χ1v) is 3.84. The van der Waals surface area contributed by atoms with E-state index in [1.165, 1.54) is 0 Å². The second kappa shape index (κ2) is 2.60. The summed E-state index contributed by atoms with van der Waals surface area (Å²) >= 11 is 0. The van der Waals surface area contributed by atoms with Crippen LogP contribution in [0.4, 0.5) is 0 Å². The number of imidazole rings is 1. The van der Waals surface area contributed by atoms with Crippen molar-refractivity contribution in [2.24, 2.45) is 0 Å². The van der Waals surface area contributed by atoms with E-state index in [2.05, 4.69) is 4.98 Å². The molecule has 2 rings (SSSR count). The maximum absolute atomic E-state index is 8.94. The molecule has 0 bridgehead atoms. The zero-order valence-corrected chi connectivity index (χ0v) is 6.86. The van der Waals surface area contributed by atoms with Crippen LogP contribution in [0.5, 0.6) is 0 Å². The summed E-state index contributed by atoms with van der Waals surface area (Å²) in [6.45, 7) is 2.00. The third kappa shape index (κ3) is 0.905. The van der Waals surface area contributed by atoms with Crippen LogP contribution in [-0.2, 0) is 6.73 Å². The van der Waals surface area contributed by atoms with Gasteiger partial charge in [0.1, 0.15) is 6.73 Å². The summed E-state index contributed by atoms with van der Waals surface area (Å²) in [6, 6.07) is 5.92. The molecule has 3 heteroatoms. The van der Waals surface area contributed by atoms with Gasteiger partial charge in [-0.1, -0.05) is 12.1 Å². The van der Waals surface area contributed by atoms with E-state index in [0.717, 1.165) is 16.6 Å². The summed E-state index contributed by atoms with van der Waals surface area (Å²) in [4.78, 5) is 4.19. The van der Waals surface area contributed by atoms with E-state index >= 15 is 0 Å². The molecule has 1 N–H and O–H groups in total. The van der Waals surface area contributed by atoms with Crippen LogP contribution in [0.2, 0.25) is 0 Å². The molecule has 0 aliphatic heterocycles. The second-order valence-electron chi connectivity index (χ2n) is 2.80. The van der Waals surface area contributed by atoms with Gasteiger partial charge in [0, 0.05) is 0 Å². The summed E-state index contributed by atoms with van der Waals surface area (Å²) in [5.41, 5.74) is 3.09. The zero-order valence-electron chi connectivity index (χ0n) is 6.86. The number of hydrogen-bond acceptors (Lipinski definition) is 2. The minimum Gasteiger partial charge on any atom is -0.376 e. The standard InChI is InChI=1S/C9H10N2O/c1-7-3-2-4-8-9(7)10-5-11(8)6-12/h2-5,12H,6H2,1H3. The first-order valence-electron chi connectivity index (χ1n) is 3.84. The van der Waals surface area contributed by atoms with Crippen molar-refractivity contribution in [1.82, 2.24) is 9.55 Å². The molecule has 0 spiro atoms. The number of benzene rings is 1. The fourth-order valence-corrected chi connectivity index (χ4v) is 1.35. The summed E-state index contributed by atoms with van der Waals surface area (Å²) in [5.74, 6) is 0. The van der Waals surface area contributed by atoms with Crippen molar-refractivity contribution in [2.75, 3.05) is 0 Å². The van der Waals surface area contributed by atoms with E-state index < -0.39 is 0 Å². The second-order valence-corrected chi connectivity index (χ2v) is 2.80. The monoisotopic (exact) mass is 162 g/mol. The number of nitrogens with zero attached hydrogens (tertiary/aromatic N) is 2. The molecule has 0 saturated carbocycles. The number of hydrogen-bond donors (Lipinski definition) is 1. The van der Waals surface area contributed by atoms with E-state index in [4.69, 9.17) is 5.11 Å². The molecule has 0 saturated heterocycles. The zero-order chi connectivity index (χ0) is 8.55. The average Bonchev–Trinajstić information content (AvgIpc) is 2.49. The SMILES string of the molecule is Cc1cccc2c1ncn2CO. The lowest BCUT2D eigenvalue weighted by molar-refractivity contribution is 0.215. The smallest absolute Gasteiger partial charge is 0.121 e. The van der Waals surface area contributed by atoms with Gasteiger partial charge in [0.2, 0.25) is 0 Å². The largest absolute Gasteiger partial charge is 0.376 e. The average molecular weight is 162 g/mol. The Bertz CT molecular complexity index is 406. The fraction of sp³-hybridized carbons (Fsp3) is 0.222. The van der Waals surface area contributed by atoms with Crippen LogP contribution in [0.15, 0.2) is 24.5 Å². The van der Waals surface area contributed by atoms with Gasteiger partial charge in [-0.3, -0.25) is 0 Å². The minimum absolute atomic E-state index is 0.0139. The highest BCUT2D eigenvalue weighted by Crippen LogP contribution is 2.15. The van der Waals surface area contributed by atoms with Crippen LogP contribution in [0.3, 0.4) is 0 Å². The summed E-state index contributed by atoms with van der Waals surface area (Å²) < 4.78 is 1.71. The molecule has 0 unspecified atom stereocenters. The van der Waals surface area contributed by atoms with Crippen LogP contribution in [-0.4, -0.2) is 14.7 Å². The van der Waals surface area contributed by atoms with Crippen molar-refractivity contribution in [3.05, 3.63) is 30.1 Å². The fourth-order valence-electron chi connectivity index (χ4n) is 1.35. The molecular formula is C9H10N2O. The first kappa shape index (κ1) is 7.31. The van der Waals surface area contributed by atoms with Gasteiger partial charge < -0.3 is 9.67 Å². The molecule has 62 valence electrons. The number of aryl methyl sites for hydroxylation is 1. The van der Waals surface area contributed by atoms with Gasteiger partial charge in [-0.15, -0.1) is 0 Å². The lowest BCUT2D eigenvalue weighted by Gasteiger charge is -1.97. The number of fused-ring (bicyclic) bond motifs is 1. The van der Waals surface area contributed by atoms with Crippen molar-refractivity contribution < 1.29 is 5.11 Å². The number of rotatable bonds is 1. The van der Waals surface area contributed by atoms with Gasteiger partial charge in [0.15, 0.2) is 0 Å². The Hall–Kier alpha value is -1.35. The van der Waals surface area contributed by atoms with E-state index in [-0.39, 0.29) is 6.73 Å². The first-order chi connectivity index (χ1) is 5.83. The molecule has 0 atom stereocenters. The third-order valence-electron chi connectivity index (χ3n) is 2.00. The van der Waals surface area contributed by atoms with E-state index in [1.54, 1.807) is 10.9 Å². The van der Waals surface area contributed by atoms with Crippen LogP contribution in [0.1, 0.15) is 5.56 Å². The van der Waals surface area contributed by atoms with Crippen molar-refractivity contribution in [3.8, 4) is 0 Å². The molecular weight excluding hydrogens is 152 g/mol. The molecule has 3 nitrogen and oxygen atoms in total. The normalized spacial score (nSPS) is 10.8. The maximum Gasteiger partial charge on any atom is 0.121 e. The molecule has 0 amide bonds. The van der Waals surface area contributed by atoms with Gasteiger partial charge >= 0.3 is 0 Å². The van der Waals surface area contributed by atoms with Crippen molar-refractivity contribution >= 4 is 11.0 Å². The van der Waals surface area contributed by atoms with Crippen LogP contribution in [0, 0.1) is 6.92 Å². The van der Waals surface area contributed by atoms with Crippen LogP contribution >= 0.6 is 0 Å². The highest BCUT2D eigenvalue weighted by Gasteiger charge is 2.01. The maximum atomic E-state index is 8.94. The van der Waals surface area contributed by atoms with E-state index in [0.29, 0.717) is 0 Å². The van der Waals surface area contributed by atoms with Gasteiger partial charge in [0.05, 0.1) is 17.4 Å². The Labute approximate surface area is 70.3 Å². The molecule has 0 aliphatic carbocycles. The summed E-state index contributed by atoms with van der Waals surface area (Å²) in [6.07, 6.45) is 1.65. The predicted octanol–water partition coefficient (Wildman–Crippen LogP) is 1.29. The third-order valence-corrected chi connectivity index (χ3v) is 2.00. The van der Waals surface area contributed by atoms with E-state index in [1.807, 2.05) is 25.1 Å². The van der Waals surface area contributed by atoms with Crippen molar-refractivity contribution in [3.63, 3.8) is 0 Å². The molecule has 1 heterocycles. The predicted molar refractivity (Wildman–Crippen MR) is 46.7 cm³/mol. The summed E-state index contributed by atoms with van der Waals surface area (Å²) in [7, 11) is 0. The molecule has 1 aromatic heterocycles. The molecule has 12 heavy (non-hydrogen) atoms. The van der Waals surface area contributed by atoms with Gasteiger partial charge in [-0.05, 0) is 18.6 Å². The number of aromatic nitrogens is 2. The van der Waals surface area contributed by atoms with Crippen molar-refractivity contribution in [2.45, 2.75) is 13.7 Å².